The summed E-state index contributed by atoms with van der Waals surface area (Å²) in [6.07, 6.45) is 8.97. The van der Waals surface area contributed by atoms with Crippen LogP contribution in [0.3, 0.4) is 0 Å². The number of piperidine rings is 1. The molecule has 0 unspecified atom stereocenters. The van der Waals surface area contributed by atoms with Crippen LogP contribution in [0, 0.1) is 13.8 Å². The van der Waals surface area contributed by atoms with Gasteiger partial charge in [-0.05, 0) is 77.8 Å². The molecule has 0 aromatic carbocycles. The van der Waals surface area contributed by atoms with Crippen LogP contribution in [0.15, 0.2) is 18.3 Å². The highest BCUT2D eigenvalue weighted by atomic mass is 16.3. The number of rotatable bonds is 7. The number of hydrogen-bond donors (Lipinski definition) is 2. The fourth-order valence-electron chi connectivity index (χ4n) is 6.10. The molecule has 1 amide bonds. The van der Waals surface area contributed by atoms with Gasteiger partial charge in [-0.3, -0.25) is 9.78 Å². The van der Waals surface area contributed by atoms with E-state index in [0.29, 0.717) is 30.6 Å². The van der Waals surface area contributed by atoms with Crippen LogP contribution in [0.4, 0.5) is 5.95 Å². The summed E-state index contributed by atoms with van der Waals surface area (Å²) >= 11 is 0. The van der Waals surface area contributed by atoms with E-state index in [1.165, 1.54) is 0 Å². The van der Waals surface area contributed by atoms with Crippen LogP contribution in [0.25, 0.3) is 11.0 Å². The van der Waals surface area contributed by atoms with E-state index in [1.54, 1.807) is 0 Å². The predicted octanol–water partition coefficient (Wildman–Crippen LogP) is 4.93. The molecule has 38 heavy (non-hydrogen) atoms. The number of carbonyl (C=O) groups is 1. The van der Waals surface area contributed by atoms with Gasteiger partial charge in [-0.1, -0.05) is 13.3 Å². The second kappa shape index (κ2) is 11.4. The lowest BCUT2D eigenvalue weighted by Gasteiger charge is -2.31. The smallest absolute Gasteiger partial charge is 0.253 e. The number of aliphatic hydroxyl groups excluding tert-OH is 1. The van der Waals surface area contributed by atoms with Gasteiger partial charge in [0, 0.05) is 48.2 Å². The van der Waals surface area contributed by atoms with Gasteiger partial charge in [-0.2, -0.15) is 10.1 Å². The third-order valence-electron chi connectivity index (χ3n) is 8.08. The molecule has 0 radical (unpaired) electrons. The summed E-state index contributed by atoms with van der Waals surface area (Å²) < 4.78 is 2.11. The lowest BCUT2D eigenvalue weighted by molar-refractivity contribution is 0.0711. The van der Waals surface area contributed by atoms with Gasteiger partial charge in [0.05, 0.1) is 23.2 Å². The molecule has 2 fully saturated rings. The zero-order chi connectivity index (χ0) is 26.8. The molecule has 0 bridgehead atoms. The maximum Gasteiger partial charge on any atom is 0.253 e. The minimum atomic E-state index is -0.218. The largest absolute Gasteiger partial charge is 0.393 e. The molecule has 2 aliphatic rings. The Hall–Kier alpha value is -3.07. The first-order valence-corrected chi connectivity index (χ1v) is 14.3. The molecule has 1 saturated heterocycles. The van der Waals surface area contributed by atoms with E-state index in [0.717, 1.165) is 79.5 Å². The highest BCUT2D eigenvalue weighted by molar-refractivity contribution is 5.94. The average Bonchev–Trinajstić information content (AvgIpc) is 3.27. The third-order valence-corrected chi connectivity index (χ3v) is 8.08. The third kappa shape index (κ3) is 5.67. The molecule has 204 valence electrons. The molecule has 9 heteroatoms. The van der Waals surface area contributed by atoms with E-state index in [4.69, 9.17) is 10.1 Å². The first kappa shape index (κ1) is 26.5. The molecule has 1 saturated carbocycles. The Labute approximate surface area is 225 Å². The van der Waals surface area contributed by atoms with Gasteiger partial charge < -0.3 is 15.3 Å². The highest BCUT2D eigenvalue weighted by Gasteiger charge is 2.31. The van der Waals surface area contributed by atoms with Crippen molar-refractivity contribution in [2.24, 2.45) is 0 Å². The van der Waals surface area contributed by atoms with Gasteiger partial charge in [-0.25, -0.2) is 9.67 Å². The number of carbonyl (C=O) groups excluding carboxylic acids is 1. The molecule has 2 N–H and O–H groups in total. The quantitative estimate of drug-likeness (QED) is 0.455. The summed E-state index contributed by atoms with van der Waals surface area (Å²) in [7, 11) is 0. The van der Waals surface area contributed by atoms with Crippen molar-refractivity contribution in [2.75, 3.05) is 18.4 Å². The van der Waals surface area contributed by atoms with Crippen LogP contribution in [-0.2, 0) is 0 Å². The van der Waals surface area contributed by atoms with Crippen LogP contribution in [0.2, 0.25) is 0 Å². The van der Waals surface area contributed by atoms with Crippen molar-refractivity contribution >= 4 is 22.9 Å². The lowest BCUT2D eigenvalue weighted by Crippen LogP contribution is -2.38. The van der Waals surface area contributed by atoms with Crippen molar-refractivity contribution in [1.29, 1.82) is 0 Å². The molecular formula is C29H41N7O2. The number of pyridine rings is 1. The van der Waals surface area contributed by atoms with E-state index in [1.807, 2.05) is 37.1 Å². The summed E-state index contributed by atoms with van der Waals surface area (Å²) in [5.41, 5.74) is 4.38. The first-order chi connectivity index (χ1) is 18.3. The fraction of sp³-hybridized carbons (Fsp3) is 0.621. The average molecular weight is 520 g/mol. The van der Waals surface area contributed by atoms with Gasteiger partial charge in [0.1, 0.15) is 0 Å². The number of nitrogens with zero attached hydrogens (tertiary/aromatic N) is 6. The van der Waals surface area contributed by atoms with Gasteiger partial charge in [0.25, 0.3) is 5.91 Å². The standard InChI is InChI=1S/C29H41N7O2/c1-5-6-18(2)32-29-30-17-25-26(34-36(27(25)33-29)23-7-9-24(37)10-8-23)21-11-13-35(14-12-21)28(38)22-15-19(3)31-20(4)16-22/h15-18,21,23-24,37H,5-14H2,1-4H3,(H,30,32,33)/t18-,23?,24?/m0/s1. The molecule has 3 aromatic rings. The van der Waals surface area contributed by atoms with Gasteiger partial charge >= 0.3 is 0 Å². The number of nitrogens with one attached hydrogen (secondary N) is 1. The SMILES string of the molecule is CCC[C@H](C)Nc1ncc2c(C3CCN(C(=O)c4cc(C)nc(C)c4)CC3)nn(C3CCC(O)CC3)c2n1. The Morgan fingerprint density at radius 3 is 2.42 bits per heavy atom. The number of aliphatic hydroxyl groups is 1. The molecule has 1 atom stereocenters. The molecule has 1 aliphatic carbocycles. The van der Waals surface area contributed by atoms with Gasteiger partial charge in [0.2, 0.25) is 5.95 Å². The maximum absolute atomic E-state index is 13.2. The molecule has 1 aliphatic heterocycles. The lowest BCUT2D eigenvalue weighted by atomic mass is 9.92. The van der Waals surface area contributed by atoms with E-state index in [-0.39, 0.29) is 24.0 Å². The Kier molecular flexibility index (Phi) is 7.93. The van der Waals surface area contributed by atoms with E-state index in [2.05, 4.69) is 33.8 Å². The van der Waals surface area contributed by atoms with Crippen molar-refractivity contribution in [3.05, 3.63) is 41.0 Å². The minimum Gasteiger partial charge on any atom is -0.393 e. The van der Waals surface area contributed by atoms with Crippen molar-refractivity contribution in [2.45, 2.75) is 103 Å². The van der Waals surface area contributed by atoms with Gasteiger partial charge in [-0.15, -0.1) is 0 Å². The Balaban J connectivity index is 1.38. The van der Waals surface area contributed by atoms with Crippen LogP contribution >= 0.6 is 0 Å². The number of anilines is 1. The van der Waals surface area contributed by atoms with Crippen molar-refractivity contribution < 1.29 is 9.90 Å². The maximum atomic E-state index is 13.2. The number of hydrogen-bond acceptors (Lipinski definition) is 7. The minimum absolute atomic E-state index is 0.0773. The Morgan fingerprint density at radius 1 is 1.08 bits per heavy atom. The summed E-state index contributed by atoms with van der Waals surface area (Å²) in [5, 5.41) is 19.7. The van der Waals surface area contributed by atoms with Crippen LogP contribution in [0.1, 0.15) is 105 Å². The monoisotopic (exact) mass is 519 g/mol. The number of amides is 1. The Bertz CT molecular complexity index is 1250. The van der Waals surface area contributed by atoms with E-state index >= 15 is 0 Å². The molecule has 5 rings (SSSR count). The van der Waals surface area contributed by atoms with Crippen LogP contribution in [-0.4, -0.2) is 65.9 Å². The summed E-state index contributed by atoms with van der Waals surface area (Å²) in [6.45, 7) is 9.59. The topological polar surface area (TPSA) is 109 Å². The van der Waals surface area contributed by atoms with Crippen molar-refractivity contribution in [3.8, 4) is 0 Å². The van der Waals surface area contributed by atoms with E-state index < -0.39 is 0 Å². The van der Waals surface area contributed by atoms with Crippen LogP contribution < -0.4 is 5.32 Å². The number of fused-ring (bicyclic) bond motifs is 1. The second-order valence-corrected chi connectivity index (χ2v) is 11.3. The van der Waals surface area contributed by atoms with Crippen LogP contribution in [0.5, 0.6) is 0 Å². The van der Waals surface area contributed by atoms with E-state index in [9.17, 15) is 9.90 Å². The zero-order valence-corrected chi connectivity index (χ0v) is 23.2. The molecule has 4 heterocycles. The molecule has 3 aromatic heterocycles. The number of aryl methyl sites for hydroxylation is 2. The van der Waals surface area contributed by atoms with Crippen molar-refractivity contribution in [3.63, 3.8) is 0 Å². The normalized spacial score (nSPS) is 21.6. The van der Waals surface area contributed by atoms with Crippen molar-refractivity contribution in [1.82, 2.24) is 29.6 Å². The van der Waals surface area contributed by atoms with Gasteiger partial charge in [0.15, 0.2) is 5.65 Å². The molecular weight excluding hydrogens is 478 g/mol. The summed E-state index contributed by atoms with van der Waals surface area (Å²) in [6, 6.07) is 4.28. The highest BCUT2D eigenvalue weighted by Crippen LogP contribution is 2.36. The summed E-state index contributed by atoms with van der Waals surface area (Å²) in [5.74, 6) is 0.970. The fourth-order valence-corrected chi connectivity index (χ4v) is 6.10. The number of aromatic nitrogens is 5. The molecule has 9 nitrogen and oxygen atoms in total. The molecule has 0 spiro atoms. The second-order valence-electron chi connectivity index (χ2n) is 11.3. The summed E-state index contributed by atoms with van der Waals surface area (Å²) in [4.78, 5) is 29.2. The zero-order valence-electron chi connectivity index (χ0n) is 23.2. The Morgan fingerprint density at radius 2 is 1.76 bits per heavy atom. The number of likely N-dealkylation sites (tertiary alicyclic amines) is 1. The first-order valence-electron chi connectivity index (χ1n) is 14.3. The predicted molar refractivity (Wildman–Crippen MR) is 148 cm³/mol.